The van der Waals surface area contributed by atoms with Gasteiger partial charge in [-0.05, 0) is 30.7 Å². The molecule has 0 aromatic heterocycles. The lowest BCUT2D eigenvalue weighted by molar-refractivity contribution is -0.115. The number of aryl methyl sites for hydroxylation is 1. The second-order valence-electron chi connectivity index (χ2n) is 3.51. The predicted molar refractivity (Wildman–Crippen MR) is 69.6 cm³/mol. The van der Waals surface area contributed by atoms with Crippen LogP contribution >= 0.6 is 15.9 Å². The van der Waals surface area contributed by atoms with Crippen molar-refractivity contribution in [1.82, 2.24) is 0 Å². The van der Waals surface area contributed by atoms with Crippen LogP contribution in [0.15, 0.2) is 18.2 Å². The predicted octanol–water partition coefficient (Wildman–Crippen LogP) is 2.51. The average molecular weight is 300 g/mol. The fraction of sp³-hybridized carbons (Fsp3) is 0.333. The van der Waals surface area contributed by atoms with Gasteiger partial charge >= 0.3 is 5.97 Å². The molecule has 0 spiro atoms. The summed E-state index contributed by atoms with van der Waals surface area (Å²) in [5, 5.41) is 3.40. The smallest absolute Gasteiger partial charge is 0.337 e. The Morgan fingerprint density at radius 2 is 2.12 bits per heavy atom. The maximum atomic E-state index is 11.4. The lowest BCUT2D eigenvalue weighted by Gasteiger charge is -2.09. The molecule has 0 radical (unpaired) electrons. The van der Waals surface area contributed by atoms with E-state index in [1.807, 2.05) is 6.92 Å². The van der Waals surface area contributed by atoms with Gasteiger partial charge in [-0.2, -0.15) is 0 Å². The van der Waals surface area contributed by atoms with Crippen LogP contribution < -0.4 is 5.32 Å². The Hall–Kier alpha value is -1.36. The van der Waals surface area contributed by atoms with E-state index in [1.165, 1.54) is 7.11 Å². The van der Waals surface area contributed by atoms with Gasteiger partial charge < -0.3 is 10.1 Å². The van der Waals surface area contributed by atoms with Crippen molar-refractivity contribution in [2.75, 3.05) is 17.8 Å². The third-order valence-corrected chi connectivity index (χ3v) is 2.64. The maximum absolute atomic E-state index is 11.4. The Morgan fingerprint density at radius 3 is 2.65 bits per heavy atom. The third-order valence-electron chi connectivity index (χ3n) is 2.24. The summed E-state index contributed by atoms with van der Waals surface area (Å²) in [5.74, 6) is -0.442. The van der Waals surface area contributed by atoms with Crippen molar-refractivity contribution in [3.8, 4) is 0 Å². The molecule has 0 saturated carbocycles. The number of hydrogen-bond acceptors (Lipinski definition) is 3. The maximum Gasteiger partial charge on any atom is 0.337 e. The lowest BCUT2D eigenvalue weighted by Crippen LogP contribution is -2.13. The molecule has 0 aliphatic rings. The van der Waals surface area contributed by atoms with Crippen LogP contribution in [0.4, 0.5) is 5.69 Å². The van der Waals surface area contributed by atoms with Gasteiger partial charge in [0.25, 0.3) is 0 Å². The van der Waals surface area contributed by atoms with Gasteiger partial charge in [0.2, 0.25) is 5.91 Å². The van der Waals surface area contributed by atoms with E-state index in [1.54, 1.807) is 18.2 Å². The molecule has 0 unspecified atom stereocenters. The Kier molecular flexibility index (Phi) is 5.15. The van der Waals surface area contributed by atoms with E-state index in [0.29, 0.717) is 23.0 Å². The van der Waals surface area contributed by atoms with Gasteiger partial charge in [0.05, 0.1) is 12.7 Å². The van der Waals surface area contributed by atoms with E-state index in [0.717, 1.165) is 5.56 Å². The molecule has 4 nitrogen and oxygen atoms in total. The molecule has 1 N–H and O–H groups in total. The van der Waals surface area contributed by atoms with Crippen LogP contribution in [0, 0.1) is 6.92 Å². The minimum atomic E-state index is -0.383. The molecule has 92 valence electrons. The summed E-state index contributed by atoms with van der Waals surface area (Å²) in [5.41, 5.74) is 2.02. The molecule has 1 aromatic rings. The number of carbonyl (C=O) groups excluding carboxylic acids is 2. The Balaban J connectivity index is 2.83. The summed E-state index contributed by atoms with van der Waals surface area (Å²) in [4.78, 5) is 22.7. The Morgan fingerprint density at radius 1 is 1.41 bits per heavy atom. The van der Waals surface area contributed by atoms with Crippen LogP contribution in [0.1, 0.15) is 22.3 Å². The second-order valence-corrected chi connectivity index (χ2v) is 4.30. The molecule has 0 bridgehead atoms. The van der Waals surface area contributed by atoms with Crippen LogP contribution in [0.3, 0.4) is 0 Å². The highest BCUT2D eigenvalue weighted by Gasteiger charge is 2.09. The number of carbonyl (C=O) groups is 2. The highest BCUT2D eigenvalue weighted by molar-refractivity contribution is 9.09. The fourth-order valence-corrected chi connectivity index (χ4v) is 1.71. The summed E-state index contributed by atoms with van der Waals surface area (Å²) >= 11 is 3.20. The Labute approximate surface area is 108 Å². The molecule has 1 amide bonds. The van der Waals surface area contributed by atoms with Crippen LogP contribution in [0.25, 0.3) is 0 Å². The first-order chi connectivity index (χ1) is 8.08. The normalized spacial score (nSPS) is 9.82. The summed E-state index contributed by atoms with van der Waals surface area (Å²) < 4.78 is 4.62. The lowest BCUT2D eigenvalue weighted by atomic mass is 10.1. The van der Waals surface area contributed by atoms with E-state index >= 15 is 0 Å². The second kappa shape index (κ2) is 6.39. The minimum Gasteiger partial charge on any atom is -0.465 e. The van der Waals surface area contributed by atoms with Crippen molar-refractivity contribution >= 4 is 33.5 Å². The van der Waals surface area contributed by atoms with E-state index in [-0.39, 0.29) is 11.9 Å². The van der Waals surface area contributed by atoms with Crippen molar-refractivity contribution in [3.05, 3.63) is 29.3 Å². The van der Waals surface area contributed by atoms with Gasteiger partial charge in [0.1, 0.15) is 0 Å². The molecule has 0 atom stereocenters. The van der Waals surface area contributed by atoms with Gasteiger partial charge in [0.15, 0.2) is 0 Å². The zero-order valence-corrected chi connectivity index (χ0v) is 11.3. The van der Waals surface area contributed by atoms with Gasteiger partial charge in [-0.3, -0.25) is 4.79 Å². The molecule has 0 fully saturated rings. The summed E-state index contributed by atoms with van der Waals surface area (Å²) in [6.45, 7) is 1.83. The van der Waals surface area contributed by atoms with E-state index < -0.39 is 0 Å². The van der Waals surface area contributed by atoms with Crippen LogP contribution in [0.5, 0.6) is 0 Å². The number of nitrogens with one attached hydrogen (secondary N) is 1. The zero-order chi connectivity index (χ0) is 12.8. The fourth-order valence-electron chi connectivity index (χ4n) is 1.35. The largest absolute Gasteiger partial charge is 0.465 e. The number of halogens is 1. The van der Waals surface area contributed by atoms with Gasteiger partial charge in [-0.1, -0.05) is 15.9 Å². The van der Waals surface area contributed by atoms with Gasteiger partial charge in [-0.25, -0.2) is 4.79 Å². The molecule has 0 saturated heterocycles. The highest BCUT2D eigenvalue weighted by Crippen LogP contribution is 2.17. The van der Waals surface area contributed by atoms with Gasteiger partial charge in [0, 0.05) is 17.4 Å². The SMILES string of the molecule is COC(=O)c1ccc(NC(=O)CCBr)c(C)c1. The van der Waals surface area contributed by atoms with Crippen molar-refractivity contribution in [3.63, 3.8) is 0 Å². The first-order valence-electron chi connectivity index (χ1n) is 5.13. The molecule has 1 aromatic carbocycles. The van der Waals surface area contributed by atoms with Crippen molar-refractivity contribution in [1.29, 1.82) is 0 Å². The average Bonchev–Trinajstić information content (AvgIpc) is 2.31. The number of benzene rings is 1. The van der Waals surface area contributed by atoms with Crippen LogP contribution in [-0.4, -0.2) is 24.3 Å². The molecular formula is C12H14BrNO3. The van der Waals surface area contributed by atoms with E-state index in [2.05, 4.69) is 26.0 Å². The summed E-state index contributed by atoms with van der Waals surface area (Å²) in [6, 6.07) is 5.02. The van der Waals surface area contributed by atoms with Crippen molar-refractivity contribution in [2.24, 2.45) is 0 Å². The van der Waals surface area contributed by atoms with Crippen molar-refractivity contribution in [2.45, 2.75) is 13.3 Å². The summed E-state index contributed by atoms with van der Waals surface area (Å²) in [7, 11) is 1.34. The number of methoxy groups -OCH3 is 1. The molecule has 0 aliphatic heterocycles. The standard InChI is InChI=1S/C12H14BrNO3/c1-8-7-9(12(16)17-2)3-4-10(8)14-11(15)5-6-13/h3-4,7H,5-6H2,1-2H3,(H,14,15). The molecule has 1 rings (SSSR count). The molecule has 17 heavy (non-hydrogen) atoms. The molecule has 5 heteroatoms. The number of rotatable bonds is 4. The van der Waals surface area contributed by atoms with Crippen LogP contribution in [-0.2, 0) is 9.53 Å². The molecule has 0 heterocycles. The monoisotopic (exact) mass is 299 g/mol. The number of esters is 1. The van der Waals surface area contributed by atoms with E-state index in [9.17, 15) is 9.59 Å². The van der Waals surface area contributed by atoms with Crippen molar-refractivity contribution < 1.29 is 14.3 Å². The Bertz CT molecular complexity index is 432. The van der Waals surface area contributed by atoms with Crippen LogP contribution in [0.2, 0.25) is 0 Å². The highest BCUT2D eigenvalue weighted by atomic mass is 79.9. The number of anilines is 1. The molecule has 0 aliphatic carbocycles. The number of alkyl halides is 1. The zero-order valence-electron chi connectivity index (χ0n) is 9.75. The number of ether oxygens (including phenoxy) is 1. The first-order valence-corrected chi connectivity index (χ1v) is 6.25. The topological polar surface area (TPSA) is 55.4 Å². The quantitative estimate of drug-likeness (QED) is 0.686. The summed E-state index contributed by atoms with van der Waals surface area (Å²) in [6.07, 6.45) is 0.415. The first kappa shape index (κ1) is 13.7. The molecular weight excluding hydrogens is 286 g/mol. The number of amides is 1. The minimum absolute atomic E-state index is 0.0595. The van der Waals surface area contributed by atoms with Gasteiger partial charge in [-0.15, -0.1) is 0 Å². The van der Waals surface area contributed by atoms with E-state index in [4.69, 9.17) is 0 Å². The third kappa shape index (κ3) is 3.85. The number of hydrogen-bond donors (Lipinski definition) is 1.